The van der Waals surface area contributed by atoms with Crippen molar-refractivity contribution in [3.63, 3.8) is 0 Å². The minimum absolute atomic E-state index is 0.565. The zero-order chi connectivity index (χ0) is 16.7. The van der Waals surface area contributed by atoms with Gasteiger partial charge in [0.05, 0.1) is 0 Å². The van der Waals surface area contributed by atoms with Crippen molar-refractivity contribution in [3.8, 4) is 0 Å². The first-order chi connectivity index (χ1) is 10.3. The lowest BCUT2D eigenvalue weighted by molar-refractivity contribution is -0.131. The highest BCUT2D eigenvalue weighted by Gasteiger charge is 2.17. The molecule has 0 amide bonds. The number of hydrogen-bond donors (Lipinski definition) is 1. The number of carboxylic acids is 1. The molecule has 0 aliphatic heterocycles. The van der Waals surface area contributed by atoms with Crippen LogP contribution in [0.15, 0.2) is 58.2 Å². The predicted octanol–water partition coefficient (Wildman–Crippen LogP) is 5.60. The average Bonchev–Trinajstić information content (AvgIpc) is 2.37. The highest BCUT2D eigenvalue weighted by molar-refractivity contribution is 5.81. The summed E-state index contributed by atoms with van der Waals surface area (Å²) in [5.41, 5.74) is 6.43. The SMILES string of the molecule is CC(=C/C=C/C(C)=C/C(=O)O)C=C1CCCC(C)=C1C(C)C. The topological polar surface area (TPSA) is 37.3 Å². The molecule has 0 atom stereocenters. The van der Waals surface area contributed by atoms with Gasteiger partial charge in [-0.2, -0.15) is 0 Å². The summed E-state index contributed by atoms with van der Waals surface area (Å²) in [4.78, 5) is 10.6. The van der Waals surface area contributed by atoms with Crippen LogP contribution in [-0.4, -0.2) is 11.1 Å². The van der Waals surface area contributed by atoms with Crippen molar-refractivity contribution in [1.29, 1.82) is 0 Å². The largest absolute Gasteiger partial charge is 0.478 e. The van der Waals surface area contributed by atoms with Crippen molar-refractivity contribution < 1.29 is 9.90 Å². The number of carbonyl (C=O) groups is 1. The molecular weight excluding hydrogens is 272 g/mol. The first-order valence-corrected chi connectivity index (χ1v) is 7.98. The molecule has 2 nitrogen and oxygen atoms in total. The van der Waals surface area contributed by atoms with Gasteiger partial charge in [0, 0.05) is 6.08 Å². The highest BCUT2D eigenvalue weighted by atomic mass is 16.4. The molecule has 0 saturated carbocycles. The van der Waals surface area contributed by atoms with Gasteiger partial charge in [-0.25, -0.2) is 4.79 Å². The third kappa shape index (κ3) is 5.88. The van der Waals surface area contributed by atoms with E-state index in [1.807, 2.05) is 18.2 Å². The summed E-state index contributed by atoms with van der Waals surface area (Å²) < 4.78 is 0. The van der Waals surface area contributed by atoms with Crippen molar-refractivity contribution in [3.05, 3.63) is 58.2 Å². The van der Waals surface area contributed by atoms with Crippen LogP contribution in [0, 0.1) is 5.92 Å². The minimum atomic E-state index is -0.908. The Bertz CT molecular complexity index is 567. The van der Waals surface area contributed by atoms with Gasteiger partial charge in [-0.15, -0.1) is 0 Å². The van der Waals surface area contributed by atoms with Crippen LogP contribution >= 0.6 is 0 Å². The molecule has 0 heterocycles. The first kappa shape index (κ1) is 18.2. The zero-order valence-electron chi connectivity index (χ0n) is 14.4. The molecule has 0 fully saturated rings. The first-order valence-electron chi connectivity index (χ1n) is 7.98. The standard InChI is InChI=1S/C20H28O2/c1-14(2)20-17(5)10-7-11-18(20)12-15(3)8-6-9-16(4)13-19(21)22/h6,8-9,12-14H,7,10-11H2,1-5H3,(H,21,22)/b9-6+,15-8?,16-13+,18-12?. The fraction of sp³-hybridized carbons (Fsp3) is 0.450. The number of allylic oxidation sites excluding steroid dienone is 9. The number of hydrogen-bond acceptors (Lipinski definition) is 1. The second-order valence-corrected chi connectivity index (χ2v) is 6.37. The number of aliphatic carboxylic acids is 1. The number of rotatable bonds is 5. The fourth-order valence-electron chi connectivity index (χ4n) is 3.02. The summed E-state index contributed by atoms with van der Waals surface area (Å²) in [6.45, 7) is 10.7. The molecule has 22 heavy (non-hydrogen) atoms. The molecule has 0 bridgehead atoms. The summed E-state index contributed by atoms with van der Waals surface area (Å²) in [6, 6.07) is 0. The Balaban J connectivity index is 2.91. The Morgan fingerprint density at radius 1 is 1.18 bits per heavy atom. The maximum Gasteiger partial charge on any atom is 0.328 e. The molecule has 1 aliphatic carbocycles. The van der Waals surface area contributed by atoms with Crippen LogP contribution in [-0.2, 0) is 4.79 Å². The highest BCUT2D eigenvalue weighted by Crippen LogP contribution is 2.34. The molecule has 0 aromatic carbocycles. The zero-order valence-corrected chi connectivity index (χ0v) is 14.4. The van der Waals surface area contributed by atoms with Gasteiger partial charge >= 0.3 is 5.97 Å². The quantitative estimate of drug-likeness (QED) is 0.530. The predicted molar refractivity (Wildman–Crippen MR) is 93.8 cm³/mol. The van der Waals surface area contributed by atoms with E-state index in [1.54, 1.807) is 6.92 Å². The normalized spacial score (nSPS) is 19.6. The third-order valence-corrected chi connectivity index (χ3v) is 3.85. The number of carboxylic acid groups (broad SMARTS) is 1. The van der Waals surface area contributed by atoms with Crippen LogP contribution in [0.25, 0.3) is 0 Å². The van der Waals surface area contributed by atoms with E-state index in [-0.39, 0.29) is 0 Å². The maximum absolute atomic E-state index is 10.6. The molecule has 1 N–H and O–H groups in total. The fourth-order valence-corrected chi connectivity index (χ4v) is 3.02. The second kappa shape index (κ2) is 8.57. The summed E-state index contributed by atoms with van der Waals surface area (Å²) in [5, 5.41) is 8.67. The lowest BCUT2D eigenvalue weighted by Gasteiger charge is -2.24. The molecule has 0 saturated heterocycles. The molecule has 1 rings (SSSR count). The van der Waals surface area contributed by atoms with Crippen molar-refractivity contribution in [2.45, 2.75) is 53.9 Å². The maximum atomic E-state index is 10.6. The second-order valence-electron chi connectivity index (χ2n) is 6.37. The summed E-state index contributed by atoms with van der Waals surface area (Å²) in [6.07, 6.45) is 12.9. The molecule has 0 spiro atoms. The summed E-state index contributed by atoms with van der Waals surface area (Å²) in [7, 11) is 0. The van der Waals surface area contributed by atoms with Gasteiger partial charge in [0.1, 0.15) is 0 Å². The van der Waals surface area contributed by atoms with E-state index in [2.05, 4.69) is 33.8 Å². The molecule has 0 unspecified atom stereocenters. The van der Waals surface area contributed by atoms with E-state index >= 15 is 0 Å². The third-order valence-electron chi connectivity index (χ3n) is 3.85. The van der Waals surface area contributed by atoms with E-state index in [9.17, 15) is 4.79 Å². The van der Waals surface area contributed by atoms with Gasteiger partial charge in [0.25, 0.3) is 0 Å². The van der Waals surface area contributed by atoms with E-state index in [0.717, 1.165) is 12.0 Å². The van der Waals surface area contributed by atoms with E-state index in [0.29, 0.717) is 5.92 Å². The molecule has 2 heteroatoms. The molecule has 0 radical (unpaired) electrons. The Morgan fingerprint density at radius 3 is 2.45 bits per heavy atom. The molecule has 120 valence electrons. The smallest absolute Gasteiger partial charge is 0.328 e. The molecule has 1 aliphatic rings. The van der Waals surface area contributed by atoms with Crippen molar-refractivity contribution in [2.75, 3.05) is 0 Å². The monoisotopic (exact) mass is 300 g/mol. The van der Waals surface area contributed by atoms with Gasteiger partial charge in [-0.3, -0.25) is 0 Å². The van der Waals surface area contributed by atoms with Crippen molar-refractivity contribution in [1.82, 2.24) is 0 Å². The van der Waals surface area contributed by atoms with E-state index in [1.165, 1.54) is 41.2 Å². The summed E-state index contributed by atoms with van der Waals surface area (Å²) in [5.74, 6) is -0.343. The Hall–Kier alpha value is -1.83. The van der Waals surface area contributed by atoms with Gasteiger partial charge in [0.15, 0.2) is 0 Å². The van der Waals surface area contributed by atoms with Gasteiger partial charge in [-0.1, -0.05) is 49.3 Å². The summed E-state index contributed by atoms with van der Waals surface area (Å²) >= 11 is 0. The van der Waals surface area contributed by atoms with E-state index < -0.39 is 5.97 Å². The minimum Gasteiger partial charge on any atom is -0.478 e. The van der Waals surface area contributed by atoms with Crippen LogP contribution < -0.4 is 0 Å². The Labute approximate surface area is 134 Å². The van der Waals surface area contributed by atoms with Gasteiger partial charge in [0.2, 0.25) is 0 Å². The van der Waals surface area contributed by atoms with Crippen molar-refractivity contribution in [2.24, 2.45) is 5.92 Å². The lowest BCUT2D eigenvalue weighted by atomic mass is 9.81. The molecule has 0 aromatic rings. The van der Waals surface area contributed by atoms with Gasteiger partial charge < -0.3 is 5.11 Å². The lowest BCUT2D eigenvalue weighted by Crippen LogP contribution is -2.07. The van der Waals surface area contributed by atoms with Gasteiger partial charge in [-0.05, 0) is 62.7 Å². The van der Waals surface area contributed by atoms with Crippen LogP contribution in [0.1, 0.15) is 53.9 Å². The Kier molecular flexibility index (Phi) is 7.10. The van der Waals surface area contributed by atoms with Crippen molar-refractivity contribution >= 4 is 5.97 Å². The van der Waals surface area contributed by atoms with Crippen LogP contribution in [0.4, 0.5) is 0 Å². The van der Waals surface area contributed by atoms with Crippen LogP contribution in [0.5, 0.6) is 0 Å². The average molecular weight is 300 g/mol. The molecule has 0 aromatic heterocycles. The van der Waals surface area contributed by atoms with Crippen LogP contribution in [0.3, 0.4) is 0 Å². The molecular formula is C20H28O2. The van der Waals surface area contributed by atoms with Crippen LogP contribution in [0.2, 0.25) is 0 Å². The van der Waals surface area contributed by atoms with E-state index in [4.69, 9.17) is 5.11 Å². The Morgan fingerprint density at radius 2 is 1.86 bits per heavy atom.